The van der Waals surface area contributed by atoms with Crippen molar-refractivity contribution in [2.75, 3.05) is 11.9 Å². The summed E-state index contributed by atoms with van der Waals surface area (Å²) in [4.78, 5) is 12.3. The first-order valence-electron chi connectivity index (χ1n) is 7.41. The fourth-order valence-corrected chi connectivity index (χ4v) is 3.09. The van der Waals surface area contributed by atoms with Crippen LogP contribution in [0.4, 0.5) is 5.69 Å². The van der Waals surface area contributed by atoms with Gasteiger partial charge >= 0.3 is 0 Å². The molecule has 0 atom stereocenters. The predicted octanol–water partition coefficient (Wildman–Crippen LogP) is 5.67. The largest absolute Gasteiger partial charge is 0.492 e. The van der Waals surface area contributed by atoms with Crippen LogP contribution in [0.2, 0.25) is 10.0 Å². The van der Waals surface area contributed by atoms with Gasteiger partial charge in [-0.25, -0.2) is 0 Å². The average molecular weight is 462 g/mol. The molecule has 2 N–H and O–H groups in total. The molecule has 0 fully saturated rings. The number of benzene rings is 2. The summed E-state index contributed by atoms with van der Waals surface area (Å²) in [6, 6.07) is 10.1. The predicted molar refractivity (Wildman–Crippen MR) is 110 cm³/mol. The van der Waals surface area contributed by atoms with E-state index in [1.807, 2.05) is 6.92 Å². The zero-order valence-corrected chi connectivity index (χ0v) is 17.2. The number of rotatable bonds is 5. The lowest BCUT2D eigenvalue weighted by atomic mass is 10.2. The van der Waals surface area contributed by atoms with Crippen molar-refractivity contribution in [3.05, 3.63) is 56.5 Å². The van der Waals surface area contributed by atoms with Crippen molar-refractivity contribution in [2.24, 2.45) is 0 Å². The van der Waals surface area contributed by atoms with Gasteiger partial charge in [-0.05, 0) is 64.9 Å². The number of nitrogens with one attached hydrogen (secondary N) is 2. The Morgan fingerprint density at radius 3 is 2.52 bits per heavy atom. The van der Waals surface area contributed by atoms with Crippen molar-refractivity contribution in [3.63, 3.8) is 0 Å². The molecule has 0 aliphatic carbocycles. The quantitative estimate of drug-likeness (QED) is 0.563. The summed E-state index contributed by atoms with van der Waals surface area (Å²) >= 11 is 20.7. The summed E-state index contributed by atoms with van der Waals surface area (Å²) in [5.74, 6) is 0.324. The number of carbonyl (C=O) groups is 1. The van der Waals surface area contributed by atoms with Gasteiger partial charge in [-0.3, -0.25) is 10.1 Å². The van der Waals surface area contributed by atoms with Crippen molar-refractivity contribution in [2.45, 2.75) is 13.3 Å². The fraction of sp³-hybridized carbons (Fsp3) is 0.176. The minimum Gasteiger partial charge on any atom is -0.492 e. The number of hydrogen-bond acceptors (Lipinski definition) is 3. The molecule has 0 aromatic heterocycles. The molecule has 0 heterocycles. The highest BCUT2D eigenvalue weighted by molar-refractivity contribution is 9.10. The number of para-hydroxylation sites is 1. The van der Waals surface area contributed by atoms with Gasteiger partial charge in [0.05, 0.1) is 26.8 Å². The van der Waals surface area contributed by atoms with Crippen LogP contribution < -0.4 is 15.4 Å². The highest BCUT2D eigenvalue weighted by atomic mass is 79.9. The Balaban J connectivity index is 2.04. The molecule has 2 aromatic carbocycles. The summed E-state index contributed by atoms with van der Waals surface area (Å²) in [6.07, 6.45) is 0.902. The zero-order valence-electron chi connectivity index (χ0n) is 13.2. The van der Waals surface area contributed by atoms with Gasteiger partial charge in [-0.1, -0.05) is 36.2 Å². The molecule has 0 spiro atoms. The smallest absolute Gasteiger partial charge is 0.257 e. The van der Waals surface area contributed by atoms with Crippen LogP contribution in [0.15, 0.2) is 40.9 Å². The van der Waals surface area contributed by atoms with Gasteiger partial charge in [0, 0.05) is 5.56 Å². The van der Waals surface area contributed by atoms with E-state index in [1.165, 1.54) is 0 Å². The average Bonchev–Trinajstić information content (AvgIpc) is 2.57. The monoisotopic (exact) mass is 460 g/mol. The molecule has 25 heavy (non-hydrogen) atoms. The molecule has 2 rings (SSSR count). The third-order valence-electron chi connectivity index (χ3n) is 3.08. The number of hydrogen-bond donors (Lipinski definition) is 2. The van der Waals surface area contributed by atoms with E-state index in [2.05, 4.69) is 26.6 Å². The number of anilines is 1. The molecule has 0 saturated carbocycles. The maximum absolute atomic E-state index is 12.3. The number of halogens is 3. The lowest BCUT2D eigenvalue weighted by molar-refractivity contribution is 0.0977. The molecule has 0 bridgehead atoms. The Kier molecular flexibility index (Phi) is 7.50. The first kappa shape index (κ1) is 20.0. The van der Waals surface area contributed by atoms with E-state index in [0.29, 0.717) is 38.1 Å². The van der Waals surface area contributed by atoms with Gasteiger partial charge in [-0.15, -0.1) is 0 Å². The van der Waals surface area contributed by atoms with Crippen molar-refractivity contribution in [1.29, 1.82) is 0 Å². The second kappa shape index (κ2) is 9.38. The van der Waals surface area contributed by atoms with Crippen LogP contribution in [0, 0.1) is 0 Å². The Morgan fingerprint density at radius 2 is 1.92 bits per heavy atom. The standard InChI is InChI=1S/C17H15BrCl2N2O2S/c1-2-8-24-14-7-6-10(9-11(14)18)16(23)22-17(25)21-15-12(19)4-3-5-13(15)20/h3-7,9H,2,8H2,1H3,(H2,21,22,23,25). The van der Waals surface area contributed by atoms with Crippen molar-refractivity contribution in [3.8, 4) is 5.75 Å². The van der Waals surface area contributed by atoms with Crippen molar-refractivity contribution < 1.29 is 9.53 Å². The highest BCUT2D eigenvalue weighted by Crippen LogP contribution is 2.30. The lowest BCUT2D eigenvalue weighted by Gasteiger charge is -2.13. The summed E-state index contributed by atoms with van der Waals surface area (Å²) in [5, 5.41) is 6.34. The number of thiocarbonyl (C=S) groups is 1. The third-order valence-corrected chi connectivity index (χ3v) is 4.54. The van der Waals surface area contributed by atoms with E-state index >= 15 is 0 Å². The topological polar surface area (TPSA) is 50.4 Å². The van der Waals surface area contributed by atoms with E-state index < -0.39 is 0 Å². The Hall–Kier alpha value is -1.34. The summed E-state index contributed by atoms with van der Waals surface area (Å²) < 4.78 is 6.26. The summed E-state index contributed by atoms with van der Waals surface area (Å²) in [5.41, 5.74) is 0.880. The summed E-state index contributed by atoms with van der Waals surface area (Å²) in [6.45, 7) is 2.63. The Morgan fingerprint density at radius 1 is 1.24 bits per heavy atom. The van der Waals surface area contributed by atoms with Crippen molar-refractivity contribution in [1.82, 2.24) is 5.32 Å². The molecular formula is C17H15BrCl2N2O2S. The molecule has 0 radical (unpaired) electrons. The fourth-order valence-electron chi connectivity index (χ4n) is 1.91. The van der Waals surface area contributed by atoms with E-state index in [-0.39, 0.29) is 11.0 Å². The first-order chi connectivity index (χ1) is 11.9. The molecule has 1 amide bonds. The van der Waals surface area contributed by atoms with Crippen LogP contribution >= 0.6 is 51.3 Å². The number of ether oxygens (including phenoxy) is 1. The Bertz CT molecular complexity index is 782. The first-order valence-corrected chi connectivity index (χ1v) is 9.36. The lowest BCUT2D eigenvalue weighted by Crippen LogP contribution is -2.34. The minimum atomic E-state index is -0.358. The SMILES string of the molecule is CCCOc1ccc(C(=O)NC(=S)Nc2c(Cl)cccc2Cl)cc1Br. The third kappa shape index (κ3) is 5.57. The van der Waals surface area contributed by atoms with Crippen LogP contribution in [-0.2, 0) is 0 Å². The maximum atomic E-state index is 12.3. The van der Waals surface area contributed by atoms with Crippen LogP contribution in [0.5, 0.6) is 5.75 Å². The van der Waals surface area contributed by atoms with E-state index in [9.17, 15) is 4.79 Å². The van der Waals surface area contributed by atoms with Gasteiger partial charge in [0.15, 0.2) is 5.11 Å². The molecule has 8 heteroatoms. The second-order valence-corrected chi connectivity index (χ2v) is 7.08. The minimum absolute atomic E-state index is 0.0995. The zero-order chi connectivity index (χ0) is 18.4. The molecular weight excluding hydrogens is 447 g/mol. The van der Waals surface area contributed by atoms with Crippen LogP contribution in [0.3, 0.4) is 0 Å². The van der Waals surface area contributed by atoms with E-state index in [1.54, 1.807) is 36.4 Å². The van der Waals surface area contributed by atoms with Crippen LogP contribution in [-0.4, -0.2) is 17.6 Å². The molecule has 0 unspecified atom stereocenters. The molecule has 0 aliphatic heterocycles. The van der Waals surface area contributed by atoms with Crippen LogP contribution in [0.25, 0.3) is 0 Å². The molecule has 132 valence electrons. The second-order valence-electron chi connectivity index (χ2n) is 5.00. The van der Waals surface area contributed by atoms with E-state index in [4.69, 9.17) is 40.2 Å². The highest BCUT2D eigenvalue weighted by Gasteiger charge is 2.13. The van der Waals surface area contributed by atoms with Gasteiger partial charge in [0.1, 0.15) is 5.75 Å². The van der Waals surface area contributed by atoms with Crippen LogP contribution in [0.1, 0.15) is 23.7 Å². The number of amides is 1. The molecule has 2 aromatic rings. The molecule has 4 nitrogen and oxygen atoms in total. The van der Waals surface area contributed by atoms with Gasteiger partial charge in [0.25, 0.3) is 5.91 Å². The van der Waals surface area contributed by atoms with Gasteiger partial charge in [-0.2, -0.15) is 0 Å². The van der Waals surface area contributed by atoms with E-state index in [0.717, 1.165) is 6.42 Å². The maximum Gasteiger partial charge on any atom is 0.257 e. The van der Waals surface area contributed by atoms with Crippen molar-refractivity contribution >= 4 is 68.1 Å². The molecule has 0 aliphatic rings. The van der Waals surface area contributed by atoms with Gasteiger partial charge < -0.3 is 10.1 Å². The normalized spacial score (nSPS) is 10.2. The summed E-state index contributed by atoms with van der Waals surface area (Å²) in [7, 11) is 0. The Labute approximate surface area is 170 Å². The molecule has 0 saturated heterocycles. The number of carbonyl (C=O) groups excluding carboxylic acids is 1. The van der Waals surface area contributed by atoms with Gasteiger partial charge in [0.2, 0.25) is 0 Å².